The van der Waals surface area contributed by atoms with E-state index in [0.29, 0.717) is 17.2 Å². The van der Waals surface area contributed by atoms with E-state index in [2.05, 4.69) is 5.16 Å². The third-order valence-corrected chi connectivity index (χ3v) is 8.37. The van der Waals surface area contributed by atoms with Gasteiger partial charge in [-0.05, 0) is 47.4 Å². The van der Waals surface area contributed by atoms with Gasteiger partial charge in [-0.1, -0.05) is 35.5 Å². The lowest BCUT2D eigenvalue weighted by Gasteiger charge is -2.30. The van der Waals surface area contributed by atoms with Crippen molar-refractivity contribution in [1.82, 2.24) is 0 Å². The second-order valence-electron chi connectivity index (χ2n) is 9.80. The lowest BCUT2D eigenvalue weighted by Crippen LogP contribution is -2.41. The Kier molecular flexibility index (Phi) is 4.28. The van der Waals surface area contributed by atoms with Crippen molar-refractivity contribution in [2.75, 3.05) is 19.1 Å². The zero-order valence-corrected chi connectivity index (χ0v) is 19.4. The summed E-state index contributed by atoms with van der Waals surface area (Å²) >= 11 is 0. The van der Waals surface area contributed by atoms with Crippen molar-refractivity contribution in [3.8, 4) is 11.5 Å². The number of ether oxygens (including phenoxy) is 2. The molecule has 0 N–H and O–H groups in total. The fourth-order valence-electron chi connectivity index (χ4n) is 6.93. The Morgan fingerprint density at radius 3 is 2.40 bits per heavy atom. The second-order valence-corrected chi connectivity index (χ2v) is 9.80. The predicted molar refractivity (Wildman–Crippen MR) is 129 cm³/mol. The first-order chi connectivity index (χ1) is 17.1. The Labute approximate surface area is 202 Å². The van der Waals surface area contributed by atoms with Crippen LogP contribution < -0.4 is 14.4 Å². The number of fused-ring (bicyclic) bond motifs is 9. The molecule has 2 heterocycles. The molecule has 176 valence electrons. The van der Waals surface area contributed by atoms with Crippen molar-refractivity contribution in [3.05, 3.63) is 66.2 Å². The van der Waals surface area contributed by atoms with E-state index in [1.165, 1.54) is 4.90 Å². The molecule has 0 aromatic heterocycles. The molecule has 35 heavy (non-hydrogen) atoms. The largest absolute Gasteiger partial charge is 0.497 e. The smallest absolute Gasteiger partial charge is 0.238 e. The van der Waals surface area contributed by atoms with Crippen molar-refractivity contribution in [2.45, 2.75) is 12.5 Å². The molecule has 3 aromatic rings. The minimum absolute atomic E-state index is 0.00460. The molecule has 4 aliphatic rings. The Morgan fingerprint density at radius 2 is 1.63 bits per heavy atom. The number of oxime groups is 1. The molecule has 2 aliphatic carbocycles. The molecule has 0 radical (unpaired) electrons. The minimum atomic E-state index is -0.354. The van der Waals surface area contributed by atoms with Crippen LogP contribution in [0.3, 0.4) is 0 Å². The zero-order valence-electron chi connectivity index (χ0n) is 19.4. The second kappa shape index (κ2) is 7.31. The Bertz CT molecular complexity index is 1430. The molecule has 0 spiro atoms. The topological polar surface area (TPSA) is 77.4 Å². The van der Waals surface area contributed by atoms with Crippen molar-refractivity contribution < 1.29 is 23.9 Å². The van der Waals surface area contributed by atoms with E-state index in [1.54, 1.807) is 14.2 Å². The van der Waals surface area contributed by atoms with Crippen LogP contribution in [0.25, 0.3) is 10.8 Å². The highest BCUT2D eigenvalue weighted by molar-refractivity contribution is 6.23. The normalized spacial score (nSPS) is 30.3. The van der Waals surface area contributed by atoms with E-state index in [9.17, 15) is 9.59 Å². The molecule has 2 amide bonds. The minimum Gasteiger partial charge on any atom is -0.497 e. The molecule has 2 bridgehead atoms. The fourth-order valence-corrected chi connectivity index (χ4v) is 6.93. The maximum absolute atomic E-state index is 13.7. The van der Waals surface area contributed by atoms with Gasteiger partial charge < -0.3 is 14.3 Å². The van der Waals surface area contributed by atoms with Crippen LogP contribution in [0.2, 0.25) is 0 Å². The van der Waals surface area contributed by atoms with Crippen LogP contribution in [-0.4, -0.2) is 37.8 Å². The maximum atomic E-state index is 13.7. The summed E-state index contributed by atoms with van der Waals surface area (Å²) in [5, 5.41) is 6.53. The van der Waals surface area contributed by atoms with Gasteiger partial charge in [0.05, 0.1) is 37.5 Å². The highest BCUT2D eigenvalue weighted by Crippen LogP contribution is 2.62. The highest BCUT2D eigenvalue weighted by Gasteiger charge is 2.70. The van der Waals surface area contributed by atoms with Gasteiger partial charge in [0, 0.05) is 23.5 Å². The van der Waals surface area contributed by atoms with E-state index in [-0.39, 0.29) is 47.5 Å². The first-order valence-corrected chi connectivity index (χ1v) is 11.9. The van der Waals surface area contributed by atoms with Crippen molar-refractivity contribution >= 4 is 34.0 Å². The van der Waals surface area contributed by atoms with Gasteiger partial charge in [0.25, 0.3) is 0 Å². The molecule has 0 unspecified atom stereocenters. The summed E-state index contributed by atoms with van der Waals surface area (Å²) in [5.74, 6) is 0.359. The molecule has 2 aliphatic heterocycles. The number of methoxy groups -OCH3 is 2. The highest BCUT2D eigenvalue weighted by atomic mass is 16.6. The van der Waals surface area contributed by atoms with Gasteiger partial charge in [0.2, 0.25) is 11.8 Å². The summed E-state index contributed by atoms with van der Waals surface area (Å²) in [6, 6.07) is 19.3. The quantitative estimate of drug-likeness (QED) is 0.541. The zero-order chi connectivity index (χ0) is 23.8. The molecule has 6 atom stereocenters. The Hall–Kier alpha value is -3.87. The number of benzene rings is 3. The predicted octanol–water partition coefficient (Wildman–Crippen LogP) is 4.03. The third kappa shape index (κ3) is 2.69. The van der Waals surface area contributed by atoms with E-state index < -0.39 is 0 Å². The van der Waals surface area contributed by atoms with Crippen LogP contribution in [0.1, 0.15) is 12.0 Å². The van der Waals surface area contributed by atoms with Gasteiger partial charge in [0.1, 0.15) is 17.6 Å². The van der Waals surface area contributed by atoms with Crippen molar-refractivity contribution in [1.29, 1.82) is 0 Å². The van der Waals surface area contributed by atoms with Gasteiger partial charge in [-0.3, -0.25) is 14.5 Å². The first-order valence-electron chi connectivity index (χ1n) is 11.9. The molecule has 1 saturated heterocycles. The van der Waals surface area contributed by atoms with Gasteiger partial charge in [-0.2, -0.15) is 0 Å². The maximum Gasteiger partial charge on any atom is 0.238 e. The van der Waals surface area contributed by atoms with Gasteiger partial charge in [-0.15, -0.1) is 0 Å². The van der Waals surface area contributed by atoms with Gasteiger partial charge in [-0.25, -0.2) is 0 Å². The van der Waals surface area contributed by atoms with Crippen molar-refractivity contribution in [2.24, 2.45) is 34.7 Å². The summed E-state index contributed by atoms with van der Waals surface area (Å²) in [6.45, 7) is 0. The average molecular weight is 469 g/mol. The summed E-state index contributed by atoms with van der Waals surface area (Å²) < 4.78 is 11.0. The lowest BCUT2D eigenvalue weighted by molar-refractivity contribution is -0.125. The molecule has 2 saturated carbocycles. The molecule has 3 aromatic carbocycles. The van der Waals surface area contributed by atoms with Crippen LogP contribution in [0.5, 0.6) is 11.5 Å². The van der Waals surface area contributed by atoms with Crippen LogP contribution in [0.4, 0.5) is 5.69 Å². The number of nitrogens with zero attached hydrogens (tertiary/aromatic N) is 2. The number of hydrogen-bond donors (Lipinski definition) is 0. The number of imide groups is 1. The lowest BCUT2D eigenvalue weighted by atomic mass is 9.71. The van der Waals surface area contributed by atoms with E-state index in [1.807, 2.05) is 60.7 Å². The van der Waals surface area contributed by atoms with Gasteiger partial charge in [0.15, 0.2) is 0 Å². The van der Waals surface area contributed by atoms with E-state index in [4.69, 9.17) is 14.3 Å². The van der Waals surface area contributed by atoms with Crippen LogP contribution in [0, 0.1) is 29.6 Å². The Balaban J connectivity index is 1.24. The van der Waals surface area contributed by atoms with Crippen LogP contribution in [-0.2, 0) is 14.4 Å². The fraction of sp³-hybridized carbons (Fsp3) is 0.321. The number of anilines is 1. The molecule has 7 heteroatoms. The Morgan fingerprint density at radius 1 is 0.857 bits per heavy atom. The first kappa shape index (κ1) is 20.5. The summed E-state index contributed by atoms with van der Waals surface area (Å²) in [4.78, 5) is 34.7. The molecular formula is C28H24N2O5. The molecule has 7 nitrogen and oxygen atoms in total. The molecular weight excluding hydrogens is 444 g/mol. The number of carbonyl (C=O) groups excluding carboxylic acids is 2. The summed E-state index contributed by atoms with van der Waals surface area (Å²) in [5.41, 5.74) is 2.28. The number of amides is 2. The molecule has 3 fully saturated rings. The third-order valence-electron chi connectivity index (χ3n) is 8.37. The van der Waals surface area contributed by atoms with Crippen LogP contribution >= 0.6 is 0 Å². The van der Waals surface area contributed by atoms with Crippen molar-refractivity contribution in [3.63, 3.8) is 0 Å². The number of hydrogen-bond acceptors (Lipinski definition) is 6. The van der Waals surface area contributed by atoms with E-state index >= 15 is 0 Å². The molecule has 7 rings (SSSR count). The average Bonchev–Trinajstić information content (AvgIpc) is 3.63. The monoisotopic (exact) mass is 468 g/mol. The standard InChI is InChI=1S/C28H24N2O5/c1-33-17-9-10-18(21(12-17)34-2)25-24-19-13-20(26(24)35-29-25)23-22(19)27(31)30(28(23)32)16-8-7-14-5-3-4-6-15(14)11-16/h3-12,19-20,22-24,26H,13H2,1-2H3/t19-,20-,22-,23-,24+,26+/m1/s1. The van der Waals surface area contributed by atoms with E-state index in [0.717, 1.165) is 28.5 Å². The summed E-state index contributed by atoms with van der Waals surface area (Å²) in [6.07, 6.45) is 0.599. The number of carbonyl (C=O) groups is 2. The summed E-state index contributed by atoms with van der Waals surface area (Å²) in [7, 11) is 3.23. The van der Waals surface area contributed by atoms with Gasteiger partial charge >= 0.3 is 0 Å². The number of rotatable bonds is 4. The van der Waals surface area contributed by atoms with Crippen LogP contribution in [0.15, 0.2) is 65.8 Å². The SMILES string of the molecule is COc1ccc(C2=NO[C@H]3[C@@H]4C[C@@H]([C@@H]23)[C@H]2C(=O)N(c3ccc5ccccc5c3)C(=O)[C@H]42)c(OC)c1.